The van der Waals surface area contributed by atoms with E-state index in [9.17, 15) is 9.59 Å². The maximum Gasteiger partial charge on any atom is 0.253 e. The summed E-state index contributed by atoms with van der Waals surface area (Å²) in [5.41, 5.74) is 3.90. The third-order valence-electron chi connectivity index (χ3n) is 4.07. The third kappa shape index (κ3) is 4.08. The van der Waals surface area contributed by atoms with Gasteiger partial charge in [0.05, 0.1) is 17.4 Å². The number of rotatable bonds is 6. The summed E-state index contributed by atoms with van der Waals surface area (Å²) in [6, 6.07) is 9.78. The molecule has 0 bridgehead atoms. The van der Waals surface area contributed by atoms with Gasteiger partial charge in [-0.1, -0.05) is 36.8 Å². The number of benzene rings is 1. The molecule has 3 rings (SSSR count). The van der Waals surface area contributed by atoms with Crippen LogP contribution in [0.3, 0.4) is 0 Å². The van der Waals surface area contributed by atoms with Gasteiger partial charge in [-0.15, -0.1) is 0 Å². The number of aromatic amines is 1. The third-order valence-corrected chi connectivity index (χ3v) is 4.07. The molecule has 2 aromatic heterocycles. The molecule has 1 aromatic carbocycles. The number of pyridine rings is 1. The van der Waals surface area contributed by atoms with Crippen LogP contribution in [0.25, 0.3) is 11.0 Å². The van der Waals surface area contributed by atoms with Crippen LogP contribution in [0, 0.1) is 6.92 Å². The number of carbonyl (C=O) groups excluding carboxylic acids is 2. The minimum Gasteiger partial charge on any atom is -0.348 e. The van der Waals surface area contributed by atoms with Crippen molar-refractivity contribution < 1.29 is 9.59 Å². The van der Waals surface area contributed by atoms with Gasteiger partial charge in [0, 0.05) is 24.5 Å². The summed E-state index contributed by atoms with van der Waals surface area (Å²) in [4.78, 5) is 31.6. The molecule has 0 saturated heterocycles. The second kappa shape index (κ2) is 7.82. The Labute approximate surface area is 152 Å². The highest BCUT2D eigenvalue weighted by atomic mass is 16.2. The predicted octanol–water partition coefficient (Wildman–Crippen LogP) is 3.54. The predicted molar refractivity (Wildman–Crippen MR) is 102 cm³/mol. The first-order valence-electron chi connectivity index (χ1n) is 8.67. The highest BCUT2D eigenvalue weighted by molar-refractivity contribution is 6.07. The molecule has 0 unspecified atom stereocenters. The molecule has 0 saturated carbocycles. The van der Waals surface area contributed by atoms with Crippen LogP contribution in [-0.4, -0.2) is 21.8 Å². The van der Waals surface area contributed by atoms with E-state index >= 15 is 0 Å². The van der Waals surface area contributed by atoms with Crippen LogP contribution in [0.1, 0.15) is 41.3 Å². The van der Waals surface area contributed by atoms with Crippen LogP contribution >= 0.6 is 0 Å². The number of hydrogen-bond acceptors (Lipinski definition) is 3. The van der Waals surface area contributed by atoms with Crippen molar-refractivity contribution in [2.45, 2.75) is 33.2 Å². The largest absolute Gasteiger partial charge is 0.348 e. The minimum atomic E-state index is -0.184. The lowest BCUT2D eigenvalue weighted by atomic mass is 10.1. The number of nitrogens with one attached hydrogen (secondary N) is 3. The molecule has 0 aliphatic heterocycles. The summed E-state index contributed by atoms with van der Waals surface area (Å²) < 4.78 is 0. The van der Waals surface area contributed by atoms with E-state index in [4.69, 9.17) is 0 Å². The van der Waals surface area contributed by atoms with Crippen LogP contribution in [0.15, 0.2) is 42.7 Å². The van der Waals surface area contributed by atoms with Crippen LogP contribution in [0.2, 0.25) is 0 Å². The number of fused-ring (bicyclic) bond motifs is 1. The minimum absolute atomic E-state index is 0.0605. The number of H-pyrrole nitrogens is 1. The lowest BCUT2D eigenvalue weighted by Gasteiger charge is -2.07. The number of carbonyl (C=O) groups is 2. The van der Waals surface area contributed by atoms with Gasteiger partial charge in [-0.05, 0) is 25.0 Å². The fourth-order valence-corrected chi connectivity index (χ4v) is 2.81. The fraction of sp³-hybridized carbons (Fsp3) is 0.250. The van der Waals surface area contributed by atoms with Crippen molar-refractivity contribution in [3.8, 4) is 0 Å². The number of aromatic nitrogens is 2. The van der Waals surface area contributed by atoms with E-state index in [1.54, 1.807) is 18.5 Å². The Morgan fingerprint density at radius 2 is 2.08 bits per heavy atom. The number of nitrogens with zero attached hydrogens (tertiary/aromatic N) is 1. The average Bonchev–Trinajstić information content (AvgIpc) is 3.03. The summed E-state index contributed by atoms with van der Waals surface area (Å²) in [7, 11) is 0. The standard InChI is InChI=1S/C20H22N4O2/c1-3-5-18(25)24-15-9-16-17(12-22-19(16)21-11-15)20(26)23-10-14-7-4-6-13(2)8-14/h4,6-9,11-12H,3,5,10H2,1-2H3,(H,21,22)(H,23,26)(H,24,25). The zero-order valence-electron chi connectivity index (χ0n) is 14.9. The number of amides is 2. The van der Waals surface area contributed by atoms with E-state index in [1.165, 1.54) is 0 Å². The normalized spacial score (nSPS) is 10.7. The monoisotopic (exact) mass is 350 g/mol. The van der Waals surface area contributed by atoms with E-state index in [2.05, 4.69) is 20.6 Å². The zero-order chi connectivity index (χ0) is 18.5. The molecular formula is C20H22N4O2. The maximum absolute atomic E-state index is 12.6. The summed E-state index contributed by atoms with van der Waals surface area (Å²) in [5, 5.41) is 6.42. The highest BCUT2D eigenvalue weighted by Gasteiger charge is 2.14. The zero-order valence-corrected chi connectivity index (χ0v) is 14.9. The van der Waals surface area contributed by atoms with Crippen molar-refractivity contribution in [3.63, 3.8) is 0 Å². The molecule has 3 aromatic rings. The van der Waals surface area contributed by atoms with Crippen LogP contribution in [0.4, 0.5) is 5.69 Å². The van der Waals surface area contributed by atoms with Crippen molar-refractivity contribution in [3.05, 3.63) is 59.4 Å². The molecule has 0 fully saturated rings. The van der Waals surface area contributed by atoms with Gasteiger partial charge in [-0.2, -0.15) is 0 Å². The maximum atomic E-state index is 12.6. The molecule has 6 heteroatoms. The van der Waals surface area contributed by atoms with Gasteiger partial charge in [0.2, 0.25) is 5.91 Å². The number of aryl methyl sites for hydroxylation is 1. The molecule has 0 aliphatic carbocycles. The topological polar surface area (TPSA) is 86.9 Å². The van der Waals surface area contributed by atoms with Crippen LogP contribution in [0.5, 0.6) is 0 Å². The molecule has 6 nitrogen and oxygen atoms in total. The van der Waals surface area contributed by atoms with E-state index in [1.807, 2.05) is 38.1 Å². The van der Waals surface area contributed by atoms with Gasteiger partial charge in [-0.3, -0.25) is 9.59 Å². The number of hydrogen-bond donors (Lipinski definition) is 3. The molecule has 3 N–H and O–H groups in total. The summed E-state index contributed by atoms with van der Waals surface area (Å²) in [6.07, 6.45) is 4.45. The molecule has 0 aliphatic rings. The smallest absolute Gasteiger partial charge is 0.253 e. The Balaban J connectivity index is 1.76. The van der Waals surface area contributed by atoms with E-state index in [0.29, 0.717) is 35.2 Å². The van der Waals surface area contributed by atoms with Crippen molar-refractivity contribution in [1.29, 1.82) is 0 Å². The molecular weight excluding hydrogens is 328 g/mol. The first-order valence-corrected chi connectivity index (χ1v) is 8.67. The molecule has 0 spiro atoms. The van der Waals surface area contributed by atoms with E-state index in [-0.39, 0.29) is 11.8 Å². The van der Waals surface area contributed by atoms with Gasteiger partial charge in [0.25, 0.3) is 5.91 Å². The van der Waals surface area contributed by atoms with Gasteiger partial charge < -0.3 is 15.6 Å². The lowest BCUT2D eigenvalue weighted by Crippen LogP contribution is -2.22. The summed E-state index contributed by atoms with van der Waals surface area (Å²) >= 11 is 0. The van der Waals surface area contributed by atoms with Crippen LogP contribution < -0.4 is 10.6 Å². The van der Waals surface area contributed by atoms with E-state index in [0.717, 1.165) is 17.5 Å². The van der Waals surface area contributed by atoms with Crippen molar-refractivity contribution in [2.75, 3.05) is 5.32 Å². The molecule has 2 amide bonds. The Hall–Kier alpha value is -3.15. The quantitative estimate of drug-likeness (QED) is 0.635. The van der Waals surface area contributed by atoms with Gasteiger partial charge >= 0.3 is 0 Å². The van der Waals surface area contributed by atoms with Crippen molar-refractivity contribution >= 4 is 28.5 Å². The number of anilines is 1. The van der Waals surface area contributed by atoms with Crippen molar-refractivity contribution in [2.24, 2.45) is 0 Å². The molecule has 0 radical (unpaired) electrons. The molecule has 134 valence electrons. The Morgan fingerprint density at radius 1 is 1.23 bits per heavy atom. The Bertz CT molecular complexity index is 946. The molecule has 26 heavy (non-hydrogen) atoms. The lowest BCUT2D eigenvalue weighted by molar-refractivity contribution is -0.116. The van der Waals surface area contributed by atoms with Gasteiger partial charge in [-0.25, -0.2) is 4.98 Å². The first kappa shape index (κ1) is 17.7. The SMILES string of the molecule is CCCC(=O)Nc1cnc2[nH]cc(C(=O)NCc3cccc(C)c3)c2c1. The second-order valence-electron chi connectivity index (χ2n) is 6.29. The van der Waals surface area contributed by atoms with Crippen LogP contribution in [-0.2, 0) is 11.3 Å². The summed E-state index contributed by atoms with van der Waals surface area (Å²) in [5.74, 6) is -0.244. The highest BCUT2D eigenvalue weighted by Crippen LogP contribution is 2.20. The molecule has 0 atom stereocenters. The Morgan fingerprint density at radius 3 is 2.85 bits per heavy atom. The average molecular weight is 350 g/mol. The Kier molecular flexibility index (Phi) is 5.31. The van der Waals surface area contributed by atoms with E-state index < -0.39 is 0 Å². The first-order chi connectivity index (χ1) is 12.6. The summed E-state index contributed by atoms with van der Waals surface area (Å²) in [6.45, 7) is 4.42. The van der Waals surface area contributed by atoms with Gasteiger partial charge in [0.1, 0.15) is 5.65 Å². The van der Waals surface area contributed by atoms with Gasteiger partial charge in [0.15, 0.2) is 0 Å². The molecule has 2 heterocycles. The fourth-order valence-electron chi connectivity index (χ4n) is 2.81. The second-order valence-corrected chi connectivity index (χ2v) is 6.29. The van der Waals surface area contributed by atoms with Crippen molar-refractivity contribution in [1.82, 2.24) is 15.3 Å².